The van der Waals surface area contributed by atoms with E-state index in [0.717, 1.165) is 12.8 Å². The summed E-state index contributed by atoms with van der Waals surface area (Å²) in [5.74, 6) is 0.0189. The van der Waals surface area contributed by atoms with E-state index in [4.69, 9.17) is 4.74 Å². The average molecular weight is 445 g/mol. The van der Waals surface area contributed by atoms with Gasteiger partial charge in [-0.25, -0.2) is 13.4 Å². The fourth-order valence-electron chi connectivity index (χ4n) is 3.76. The van der Waals surface area contributed by atoms with Crippen molar-refractivity contribution in [2.45, 2.75) is 37.7 Å². The quantitative estimate of drug-likeness (QED) is 0.680. The Bertz CT molecular complexity index is 1140. The number of benzene rings is 1. The van der Waals surface area contributed by atoms with Crippen molar-refractivity contribution in [2.75, 3.05) is 19.8 Å². The number of carbonyl (C=O) groups is 1. The summed E-state index contributed by atoms with van der Waals surface area (Å²) in [6, 6.07) is 6.87. The summed E-state index contributed by atoms with van der Waals surface area (Å²) in [4.78, 5) is 23.6. The molecule has 2 heterocycles. The fourth-order valence-corrected chi connectivity index (χ4v) is 4.57. The molecule has 1 saturated heterocycles. The van der Waals surface area contributed by atoms with Crippen LogP contribution in [0, 0.1) is 0 Å². The number of piperidine rings is 1. The van der Waals surface area contributed by atoms with Crippen LogP contribution >= 0.6 is 0 Å². The van der Waals surface area contributed by atoms with E-state index in [0.29, 0.717) is 29.0 Å². The second kappa shape index (κ2) is 9.47. The Morgan fingerprint density at radius 1 is 1.35 bits per heavy atom. The van der Waals surface area contributed by atoms with Crippen LogP contribution in [-0.4, -0.2) is 60.8 Å². The van der Waals surface area contributed by atoms with Gasteiger partial charge in [0.15, 0.2) is 15.3 Å². The van der Waals surface area contributed by atoms with Crippen LogP contribution in [0.4, 0.5) is 0 Å². The van der Waals surface area contributed by atoms with E-state index in [9.17, 15) is 13.2 Å². The van der Waals surface area contributed by atoms with Crippen LogP contribution in [-0.2, 0) is 15.6 Å². The molecule has 1 amide bonds. The van der Waals surface area contributed by atoms with E-state index in [-0.39, 0.29) is 23.8 Å². The molecule has 1 aliphatic heterocycles. The molecular weight excluding hydrogens is 416 g/mol. The molecule has 1 unspecified atom stereocenters. The molecule has 1 aliphatic rings. The Hall–Kier alpha value is -2.94. The zero-order valence-corrected chi connectivity index (χ0v) is 18.9. The molecule has 0 bridgehead atoms. The molecule has 0 aliphatic carbocycles. The van der Waals surface area contributed by atoms with Crippen molar-refractivity contribution in [1.29, 1.82) is 0 Å². The van der Waals surface area contributed by atoms with Crippen LogP contribution in [0.5, 0.6) is 5.88 Å². The molecular formula is C22H28N4O4S. The standard InChI is InChI=1S/C22H28N4O4S/c1-5-25-13-12-24-21(20(25)23-3)30-18-11-10-16(2)26(14-18)22(27)19-9-7-6-8-17(19)15-31(4,28)29/h5-9,12-13,16,18H,1,10-11,14-15H2,2-4H3/t16-,18?/m1/s1. The highest BCUT2D eigenvalue weighted by Crippen LogP contribution is 2.24. The van der Waals surface area contributed by atoms with Crippen molar-refractivity contribution < 1.29 is 17.9 Å². The van der Waals surface area contributed by atoms with Gasteiger partial charge >= 0.3 is 0 Å². The third-order valence-electron chi connectivity index (χ3n) is 5.31. The lowest BCUT2D eigenvalue weighted by Crippen LogP contribution is -2.49. The van der Waals surface area contributed by atoms with Crippen molar-refractivity contribution in [3.8, 4) is 5.88 Å². The predicted molar refractivity (Wildman–Crippen MR) is 119 cm³/mol. The second-order valence-corrected chi connectivity index (χ2v) is 9.86. The zero-order valence-electron chi connectivity index (χ0n) is 18.1. The Kier molecular flexibility index (Phi) is 6.94. The lowest BCUT2D eigenvalue weighted by molar-refractivity contribution is 0.0366. The molecule has 0 spiro atoms. The minimum atomic E-state index is -3.27. The summed E-state index contributed by atoms with van der Waals surface area (Å²) in [5, 5.41) is 0. The van der Waals surface area contributed by atoms with Gasteiger partial charge in [0.05, 0.1) is 12.3 Å². The van der Waals surface area contributed by atoms with Gasteiger partial charge in [0, 0.05) is 43.5 Å². The number of amides is 1. The van der Waals surface area contributed by atoms with Crippen LogP contribution in [0.15, 0.2) is 48.2 Å². The lowest BCUT2D eigenvalue weighted by Gasteiger charge is -2.38. The van der Waals surface area contributed by atoms with Gasteiger partial charge in [-0.05, 0) is 31.4 Å². The Morgan fingerprint density at radius 3 is 2.77 bits per heavy atom. The number of hydrogen-bond donors (Lipinski definition) is 0. The van der Waals surface area contributed by atoms with Crippen molar-refractivity contribution >= 4 is 21.9 Å². The number of carbonyl (C=O) groups excluding carboxylic acids is 1. The first-order valence-corrected chi connectivity index (χ1v) is 12.1. The number of likely N-dealkylation sites (tertiary alicyclic amines) is 1. The normalized spacial score (nSPS) is 19.8. The van der Waals surface area contributed by atoms with Crippen molar-refractivity contribution in [3.63, 3.8) is 0 Å². The first-order chi connectivity index (χ1) is 14.7. The van der Waals surface area contributed by atoms with Crippen molar-refractivity contribution in [2.24, 2.45) is 4.99 Å². The number of ether oxygens (including phenoxy) is 1. The predicted octanol–water partition coefficient (Wildman–Crippen LogP) is 2.13. The number of hydrogen-bond acceptors (Lipinski definition) is 6. The average Bonchev–Trinajstić information content (AvgIpc) is 2.73. The first-order valence-electron chi connectivity index (χ1n) is 10.1. The van der Waals surface area contributed by atoms with E-state index in [1.165, 1.54) is 6.26 Å². The molecule has 0 N–H and O–H groups in total. The molecule has 1 fully saturated rings. The maximum atomic E-state index is 13.4. The van der Waals surface area contributed by atoms with E-state index in [1.807, 2.05) is 6.92 Å². The first kappa shape index (κ1) is 22.7. The van der Waals surface area contributed by atoms with E-state index in [1.54, 1.807) is 59.4 Å². The summed E-state index contributed by atoms with van der Waals surface area (Å²) >= 11 is 0. The second-order valence-electron chi connectivity index (χ2n) is 7.72. The van der Waals surface area contributed by atoms with Gasteiger partial charge in [0.25, 0.3) is 11.8 Å². The molecule has 8 nitrogen and oxygen atoms in total. The van der Waals surface area contributed by atoms with E-state index in [2.05, 4.69) is 16.6 Å². The maximum absolute atomic E-state index is 13.4. The zero-order chi connectivity index (χ0) is 22.6. The van der Waals surface area contributed by atoms with E-state index < -0.39 is 9.84 Å². The van der Waals surface area contributed by atoms with Gasteiger partial charge in [-0.2, -0.15) is 0 Å². The minimum Gasteiger partial charge on any atom is -0.470 e. The van der Waals surface area contributed by atoms with Gasteiger partial charge in [-0.1, -0.05) is 24.8 Å². The van der Waals surface area contributed by atoms with Gasteiger partial charge in [0.2, 0.25) is 0 Å². The molecule has 0 saturated carbocycles. The fraction of sp³-hybridized carbons (Fsp3) is 0.409. The highest BCUT2D eigenvalue weighted by atomic mass is 32.2. The summed E-state index contributed by atoms with van der Waals surface area (Å²) in [7, 11) is -1.61. The monoisotopic (exact) mass is 444 g/mol. The molecule has 166 valence electrons. The molecule has 1 aromatic carbocycles. The number of rotatable bonds is 6. The third-order valence-corrected chi connectivity index (χ3v) is 6.14. The minimum absolute atomic E-state index is 0.0100. The molecule has 2 atom stereocenters. The van der Waals surface area contributed by atoms with Crippen LogP contribution in [0.1, 0.15) is 35.7 Å². The van der Waals surface area contributed by atoms with Gasteiger partial charge < -0.3 is 14.2 Å². The van der Waals surface area contributed by atoms with Crippen LogP contribution in [0.2, 0.25) is 0 Å². The Balaban J connectivity index is 1.84. The van der Waals surface area contributed by atoms with Crippen molar-refractivity contribution in [1.82, 2.24) is 14.5 Å². The lowest BCUT2D eigenvalue weighted by atomic mass is 9.99. The number of sulfone groups is 1. The smallest absolute Gasteiger partial charge is 0.258 e. The van der Waals surface area contributed by atoms with Crippen LogP contribution in [0.3, 0.4) is 0 Å². The molecule has 3 rings (SSSR count). The van der Waals surface area contributed by atoms with Crippen LogP contribution in [0.25, 0.3) is 6.20 Å². The van der Waals surface area contributed by atoms with Gasteiger partial charge in [0.1, 0.15) is 6.10 Å². The number of nitrogens with zero attached hydrogens (tertiary/aromatic N) is 4. The molecule has 31 heavy (non-hydrogen) atoms. The molecule has 9 heteroatoms. The summed E-state index contributed by atoms with van der Waals surface area (Å²) in [6.07, 6.45) is 7.41. The van der Waals surface area contributed by atoms with Gasteiger partial charge in [-0.15, -0.1) is 0 Å². The Labute approximate surface area is 182 Å². The molecule has 0 radical (unpaired) electrons. The van der Waals surface area contributed by atoms with Gasteiger partial charge in [-0.3, -0.25) is 9.79 Å². The SMILES string of the molecule is C=Cn1ccnc(OC2CC[C@@H](C)N(C(=O)c3ccccc3CS(C)(=O)=O)C2)c1=NC. The third kappa shape index (κ3) is 5.41. The molecule has 1 aromatic heterocycles. The largest absolute Gasteiger partial charge is 0.470 e. The maximum Gasteiger partial charge on any atom is 0.258 e. The highest BCUT2D eigenvalue weighted by molar-refractivity contribution is 7.89. The topological polar surface area (TPSA) is 93.9 Å². The van der Waals surface area contributed by atoms with Crippen molar-refractivity contribution in [3.05, 3.63) is 59.9 Å². The summed E-state index contributed by atoms with van der Waals surface area (Å²) in [6.45, 7) is 6.13. The summed E-state index contributed by atoms with van der Waals surface area (Å²) < 4.78 is 31.5. The number of aromatic nitrogens is 2. The highest BCUT2D eigenvalue weighted by Gasteiger charge is 2.32. The summed E-state index contributed by atoms with van der Waals surface area (Å²) in [5.41, 5.74) is 1.47. The van der Waals surface area contributed by atoms with E-state index >= 15 is 0 Å². The van der Waals surface area contributed by atoms with Crippen LogP contribution < -0.4 is 10.2 Å². The Morgan fingerprint density at radius 2 is 2.10 bits per heavy atom. The molecule has 2 aromatic rings.